The maximum atomic E-state index is 12.2. The van der Waals surface area contributed by atoms with Crippen LogP contribution in [-0.4, -0.2) is 23.3 Å². The summed E-state index contributed by atoms with van der Waals surface area (Å²) in [5, 5.41) is 13.5. The minimum absolute atomic E-state index is 0.140. The highest BCUT2D eigenvalue weighted by molar-refractivity contribution is 7.92. The maximum absolute atomic E-state index is 12.2. The molecule has 2 N–H and O–H groups in total. The predicted molar refractivity (Wildman–Crippen MR) is 75.8 cm³/mol. The first-order valence-electron chi connectivity index (χ1n) is 6.11. The number of hydrogen-bond donors (Lipinski definition) is 2. The zero-order chi connectivity index (χ0) is 14.9. The highest BCUT2D eigenvalue weighted by atomic mass is 32.2. The number of hydrogen-bond acceptors (Lipinski definition) is 4. The van der Waals surface area contributed by atoms with Gasteiger partial charge in [-0.05, 0) is 31.5 Å². The van der Waals surface area contributed by atoms with Crippen LogP contribution in [0.15, 0.2) is 35.2 Å². The average molecular weight is 295 g/mol. The Hall–Kier alpha value is -1.86. The predicted octanol–water partition coefficient (Wildman–Crippen LogP) is 1.58. The number of aromatic nitrogens is 2. The van der Waals surface area contributed by atoms with Gasteiger partial charge in [0, 0.05) is 13.1 Å². The summed E-state index contributed by atoms with van der Waals surface area (Å²) >= 11 is 0. The normalized spacial score (nSPS) is 13.2. The van der Waals surface area contributed by atoms with Crippen molar-refractivity contribution >= 4 is 15.8 Å². The highest BCUT2D eigenvalue weighted by Gasteiger charge is 2.16. The monoisotopic (exact) mass is 295 g/mol. The quantitative estimate of drug-likeness (QED) is 0.897. The number of nitrogens with one attached hydrogen (secondary N) is 1. The van der Waals surface area contributed by atoms with E-state index >= 15 is 0 Å². The molecule has 0 amide bonds. The third-order valence-electron chi connectivity index (χ3n) is 2.91. The van der Waals surface area contributed by atoms with Crippen LogP contribution in [0, 0.1) is 6.92 Å². The minimum atomic E-state index is -3.66. The molecule has 1 heterocycles. The van der Waals surface area contributed by atoms with Crippen molar-refractivity contribution in [2.75, 3.05) is 4.72 Å². The maximum Gasteiger partial charge on any atom is 0.263 e. The van der Waals surface area contributed by atoms with E-state index < -0.39 is 16.1 Å². The third-order valence-corrected chi connectivity index (χ3v) is 4.28. The molecule has 0 aliphatic rings. The van der Waals surface area contributed by atoms with Crippen LogP contribution in [-0.2, 0) is 17.1 Å². The first-order chi connectivity index (χ1) is 9.29. The second-order valence-corrected chi connectivity index (χ2v) is 6.33. The Morgan fingerprint density at radius 1 is 1.30 bits per heavy atom. The van der Waals surface area contributed by atoms with E-state index in [9.17, 15) is 13.5 Å². The van der Waals surface area contributed by atoms with Crippen LogP contribution in [0.2, 0.25) is 0 Å². The topological polar surface area (TPSA) is 84.2 Å². The summed E-state index contributed by atoms with van der Waals surface area (Å²) in [5.41, 5.74) is 1.40. The summed E-state index contributed by atoms with van der Waals surface area (Å²) in [6, 6.07) is 7.77. The molecule has 0 aliphatic carbocycles. The third kappa shape index (κ3) is 3.00. The van der Waals surface area contributed by atoms with E-state index in [0.717, 1.165) is 5.69 Å². The number of anilines is 1. The summed E-state index contributed by atoms with van der Waals surface area (Å²) in [6.45, 7) is 3.41. The summed E-state index contributed by atoms with van der Waals surface area (Å²) in [6.07, 6.45) is -0.626. The Morgan fingerprint density at radius 2 is 1.90 bits per heavy atom. The smallest absolute Gasteiger partial charge is 0.263 e. The zero-order valence-electron chi connectivity index (χ0n) is 11.5. The van der Waals surface area contributed by atoms with Crippen LogP contribution >= 0.6 is 0 Å². The fourth-order valence-electron chi connectivity index (χ4n) is 1.83. The summed E-state index contributed by atoms with van der Waals surface area (Å²) < 4.78 is 28.4. The molecule has 0 spiro atoms. The number of benzene rings is 1. The van der Waals surface area contributed by atoms with Crippen LogP contribution in [0.1, 0.15) is 24.3 Å². The lowest BCUT2D eigenvalue weighted by atomic mass is 10.1. The fourth-order valence-corrected chi connectivity index (χ4v) is 2.91. The van der Waals surface area contributed by atoms with Gasteiger partial charge in [-0.3, -0.25) is 9.40 Å². The molecular formula is C13H17N3O3S. The molecule has 6 nitrogen and oxygen atoms in total. The van der Waals surface area contributed by atoms with E-state index in [1.54, 1.807) is 39.1 Å². The van der Waals surface area contributed by atoms with Gasteiger partial charge in [0.1, 0.15) is 5.82 Å². The highest BCUT2D eigenvalue weighted by Crippen LogP contribution is 2.19. The Bertz CT molecular complexity index is 703. The van der Waals surface area contributed by atoms with Gasteiger partial charge >= 0.3 is 0 Å². The van der Waals surface area contributed by atoms with Crippen molar-refractivity contribution in [2.45, 2.75) is 24.8 Å². The lowest BCUT2D eigenvalue weighted by Crippen LogP contribution is -2.15. The summed E-state index contributed by atoms with van der Waals surface area (Å²) in [4.78, 5) is 0.140. The van der Waals surface area contributed by atoms with Gasteiger partial charge in [0.15, 0.2) is 0 Å². The molecule has 1 atom stereocenters. The van der Waals surface area contributed by atoms with E-state index in [0.29, 0.717) is 11.4 Å². The van der Waals surface area contributed by atoms with Gasteiger partial charge in [0.2, 0.25) is 0 Å². The van der Waals surface area contributed by atoms with E-state index in [2.05, 4.69) is 9.82 Å². The van der Waals surface area contributed by atoms with Gasteiger partial charge in [-0.1, -0.05) is 12.1 Å². The van der Waals surface area contributed by atoms with Crippen molar-refractivity contribution in [3.8, 4) is 0 Å². The molecule has 0 saturated carbocycles. The van der Waals surface area contributed by atoms with Crippen molar-refractivity contribution < 1.29 is 13.5 Å². The molecule has 2 aromatic rings. The first kappa shape index (κ1) is 14.5. The molecule has 0 aliphatic heterocycles. The molecule has 0 bridgehead atoms. The molecule has 7 heteroatoms. The average Bonchev–Trinajstić information content (AvgIpc) is 2.67. The molecule has 1 aromatic heterocycles. The molecule has 2 rings (SSSR count). The SMILES string of the molecule is Cc1cc(NS(=O)(=O)c2ccc(C(C)O)cc2)n(C)n1. The van der Waals surface area contributed by atoms with Gasteiger partial charge < -0.3 is 5.11 Å². The molecule has 20 heavy (non-hydrogen) atoms. The second kappa shape index (κ2) is 5.26. The first-order valence-corrected chi connectivity index (χ1v) is 7.59. The van der Waals surface area contributed by atoms with Crippen LogP contribution in [0.25, 0.3) is 0 Å². The molecule has 108 valence electrons. The van der Waals surface area contributed by atoms with Crippen molar-refractivity contribution in [1.82, 2.24) is 9.78 Å². The number of aliphatic hydroxyl groups excluding tert-OH is 1. The summed E-state index contributed by atoms with van der Waals surface area (Å²) in [5.74, 6) is 0.405. The Morgan fingerprint density at radius 3 is 2.35 bits per heavy atom. The van der Waals surface area contributed by atoms with Gasteiger partial charge in [-0.25, -0.2) is 8.42 Å². The summed E-state index contributed by atoms with van der Waals surface area (Å²) in [7, 11) is -1.99. The van der Waals surface area contributed by atoms with Gasteiger partial charge in [-0.15, -0.1) is 0 Å². The molecule has 0 radical (unpaired) electrons. The fraction of sp³-hybridized carbons (Fsp3) is 0.308. The number of aryl methyl sites for hydroxylation is 2. The second-order valence-electron chi connectivity index (χ2n) is 4.65. The Balaban J connectivity index is 2.28. The largest absolute Gasteiger partial charge is 0.389 e. The van der Waals surface area contributed by atoms with Crippen LogP contribution in [0.3, 0.4) is 0 Å². The van der Waals surface area contributed by atoms with Crippen LogP contribution in [0.5, 0.6) is 0 Å². The van der Waals surface area contributed by atoms with E-state index in [-0.39, 0.29) is 4.90 Å². The van der Waals surface area contributed by atoms with Crippen LogP contribution < -0.4 is 4.72 Å². The number of nitrogens with zero attached hydrogens (tertiary/aromatic N) is 2. The van der Waals surface area contributed by atoms with Crippen LogP contribution in [0.4, 0.5) is 5.82 Å². The molecule has 0 fully saturated rings. The molecule has 1 aromatic carbocycles. The van der Waals surface area contributed by atoms with Gasteiger partial charge in [-0.2, -0.15) is 5.10 Å². The Labute approximate surface area is 118 Å². The number of sulfonamides is 1. The lowest BCUT2D eigenvalue weighted by Gasteiger charge is -2.09. The number of aliphatic hydroxyl groups is 1. The van der Waals surface area contributed by atoms with E-state index in [1.165, 1.54) is 16.8 Å². The lowest BCUT2D eigenvalue weighted by molar-refractivity contribution is 0.199. The van der Waals surface area contributed by atoms with Crippen molar-refractivity contribution in [3.05, 3.63) is 41.6 Å². The molecule has 0 saturated heterocycles. The van der Waals surface area contributed by atoms with Crippen molar-refractivity contribution in [1.29, 1.82) is 0 Å². The molecule has 1 unspecified atom stereocenters. The van der Waals surface area contributed by atoms with E-state index in [4.69, 9.17) is 0 Å². The number of rotatable bonds is 4. The Kier molecular flexibility index (Phi) is 3.82. The van der Waals surface area contributed by atoms with Crippen molar-refractivity contribution in [3.63, 3.8) is 0 Å². The van der Waals surface area contributed by atoms with E-state index in [1.807, 2.05) is 0 Å². The van der Waals surface area contributed by atoms with Crippen molar-refractivity contribution in [2.24, 2.45) is 7.05 Å². The minimum Gasteiger partial charge on any atom is -0.389 e. The van der Waals surface area contributed by atoms with Gasteiger partial charge in [0.05, 0.1) is 16.7 Å². The van der Waals surface area contributed by atoms with Gasteiger partial charge in [0.25, 0.3) is 10.0 Å². The standard InChI is InChI=1S/C13H17N3O3S/c1-9-8-13(16(3)14-9)15-20(18,19)12-6-4-11(5-7-12)10(2)17/h4-8,10,15,17H,1-3H3. The zero-order valence-corrected chi connectivity index (χ0v) is 12.3. The molecular weight excluding hydrogens is 278 g/mol.